The van der Waals surface area contributed by atoms with Gasteiger partial charge in [0.2, 0.25) is 0 Å². The molecule has 0 bridgehead atoms. The fraction of sp³-hybridized carbons (Fsp3) is 0.556. The highest BCUT2D eigenvalue weighted by molar-refractivity contribution is 5.04. The molecule has 3 nitrogen and oxygen atoms in total. The lowest BCUT2D eigenvalue weighted by molar-refractivity contribution is 0.750. The van der Waals surface area contributed by atoms with E-state index in [-0.39, 0.29) is 11.5 Å². The average Bonchev–Trinajstić information content (AvgIpc) is 2.03. The van der Waals surface area contributed by atoms with Gasteiger partial charge in [0.15, 0.2) is 0 Å². The monoisotopic (exact) mass is 166 g/mol. The quantitative estimate of drug-likeness (QED) is 0.722. The van der Waals surface area contributed by atoms with Crippen LogP contribution >= 0.6 is 0 Å². The summed E-state index contributed by atoms with van der Waals surface area (Å²) in [4.78, 5) is 18.1. The Morgan fingerprint density at radius 1 is 1.58 bits per heavy atom. The number of aromatic nitrogens is 2. The third-order valence-corrected chi connectivity index (χ3v) is 1.72. The molecule has 0 unspecified atom stereocenters. The lowest BCUT2D eigenvalue weighted by Gasteiger charge is -2.04. The molecule has 1 aromatic heterocycles. The molecule has 0 spiro atoms. The minimum atomic E-state index is -0.0504. The smallest absolute Gasteiger partial charge is 0.251 e. The van der Waals surface area contributed by atoms with Crippen LogP contribution in [0.2, 0.25) is 0 Å². The SMILES string of the molecule is CCc1cc(=O)[nH]c(C(C)C)n1. The van der Waals surface area contributed by atoms with Crippen molar-refractivity contribution in [2.75, 3.05) is 0 Å². The first-order chi connectivity index (χ1) is 5.63. The highest BCUT2D eigenvalue weighted by Gasteiger charge is 2.02. The minimum absolute atomic E-state index is 0.0504. The molecule has 0 amide bonds. The molecule has 0 atom stereocenters. The number of rotatable bonds is 2. The Kier molecular flexibility index (Phi) is 2.63. The summed E-state index contributed by atoms with van der Waals surface area (Å²) in [5.74, 6) is 1.06. The molecular weight excluding hydrogens is 152 g/mol. The molecule has 1 N–H and O–H groups in total. The van der Waals surface area contributed by atoms with Gasteiger partial charge in [0.05, 0.1) is 0 Å². The molecule has 66 valence electrons. The fourth-order valence-electron chi connectivity index (χ4n) is 0.983. The van der Waals surface area contributed by atoms with E-state index in [1.165, 1.54) is 0 Å². The molecule has 1 aromatic rings. The van der Waals surface area contributed by atoms with Gasteiger partial charge in [-0.3, -0.25) is 4.79 Å². The molecule has 0 saturated carbocycles. The summed E-state index contributed by atoms with van der Waals surface area (Å²) < 4.78 is 0. The van der Waals surface area contributed by atoms with Gasteiger partial charge in [0, 0.05) is 17.7 Å². The van der Waals surface area contributed by atoms with Crippen LogP contribution in [0.1, 0.15) is 38.2 Å². The van der Waals surface area contributed by atoms with Crippen molar-refractivity contribution in [1.82, 2.24) is 9.97 Å². The second-order valence-corrected chi connectivity index (χ2v) is 3.13. The van der Waals surface area contributed by atoms with Crippen molar-refractivity contribution < 1.29 is 0 Å². The number of aryl methyl sites for hydroxylation is 1. The second kappa shape index (κ2) is 3.52. The summed E-state index contributed by atoms with van der Waals surface area (Å²) in [7, 11) is 0. The van der Waals surface area contributed by atoms with Crippen LogP contribution in [0.5, 0.6) is 0 Å². The summed E-state index contributed by atoms with van der Waals surface area (Å²) in [5.41, 5.74) is 0.813. The van der Waals surface area contributed by atoms with Crippen molar-refractivity contribution in [3.05, 3.63) is 27.9 Å². The third kappa shape index (κ3) is 1.94. The number of hydrogen-bond acceptors (Lipinski definition) is 2. The molecule has 1 rings (SSSR count). The summed E-state index contributed by atoms with van der Waals surface area (Å²) in [6.07, 6.45) is 0.809. The summed E-state index contributed by atoms with van der Waals surface area (Å²) in [6, 6.07) is 1.55. The van der Waals surface area contributed by atoms with Crippen LogP contribution in [0.25, 0.3) is 0 Å². The van der Waals surface area contributed by atoms with Gasteiger partial charge in [-0.2, -0.15) is 0 Å². The van der Waals surface area contributed by atoms with E-state index in [0.717, 1.165) is 17.9 Å². The zero-order chi connectivity index (χ0) is 9.14. The molecule has 0 saturated heterocycles. The van der Waals surface area contributed by atoms with E-state index in [0.29, 0.717) is 0 Å². The topological polar surface area (TPSA) is 45.8 Å². The predicted octanol–water partition coefficient (Wildman–Crippen LogP) is 1.46. The summed E-state index contributed by atoms with van der Waals surface area (Å²) in [5, 5.41) is 0. The molecule has 0 aliphatic rings. The van der Waals surface area contributed by atoms with E-state index in [1.54, 1.807) is 6.07 Å². The van der Waals surface area contributed by atoms with Crippen LogP contribution in [0.3, 0.4) is 0 Å². The maximum atomic E-state index is 11.1. The zero-order valence-corrected chi connectivity index (χ0v) is 7.72. The molecule has 0 aromatic carbocycles. The summed E-state index contributed by atoms with van der Waals surface area (Å²) in [6.45, 7) is 6.02. The van der Waals surface area contributed by atoms with E-state index >= 15 is 0 Å². The highest BCUT2D eigenvalue weighted by Crippen LogP contribution is 2.06. The van der Waals surface area contributed by atoms with Crippen LogP contribution < -0.4 is 5.56 Å². The maximum absolute atomic E-state index is 11.1. The summed E-state index contributed by atoms with van der Waals surface area (Å²) >= 11 is 0. The molecule has 12 heavy (non-hydrogen) atoms. The predicted molar refractivity (Wildman–Crippen MR) is 48.3 cm³/mol. The van der Waals surface area contributed by atoms with Crippen LogP contribution in [0.15, 0.2) is 10.9 Å². The first kappa shape index (κ1) is 8.97. The standard InChI is InChI=1S/C9H14N2O/c1-4-7-5-8(12)11-9(10-7)6(2)3/h5-6H,4H2,1-3H3,(H,10,11,12). The van der Waals surface area contributed by atoms with E-state index in [1.807, 2.05) is 20.8 Å². The molecule has 0 fully saturated rings. The Bertz CT molecular complexity index is 315. The molecule has 0 aliphatic carbocycles. The fourth-order valence-corrected chi connectivity index (χ4v) is 0.983. The molecule has 1 heterocycles. The second-order valence-electron chi connectivity index (χ2n) is 3.13. The van der Waals surface area contributed by atoms with Crippen molar-refractivity contribution in [2.24, 2.45) is 0 Å². The van der Waals surface area contributed by atoms with Gasteiger partial charge < -0.3 is 4.98 Å². The van der Waals surface area contributed by atoms with Crippen LogP contribution in [0.4, 0.5) is 0 Å². The van der Waals surface area contributed by atoms with Crippen molar-refractivity contribution in [3.8, 4) is 0 Å². The van der Waals surface area contributed by atoms with Gasteiger partial charge in [0.25, 0.3) is 5.56 Å². The lowest BCUT2D eigenvalue weighted by atomic mass is 10.2. The van der Waals surface area contributed by atoms with Crippen LogP contribution in [0, 0.1) is 0 Å². The Balaban J connectivity index is 3.15. The van der Waals surface area contributed by atoms with E-state index in [4.69, 9.17) is 0 Å². The number of hydrogen-bond donors (Lipinski definition) is 1. The normalized spacial score (nSPS) is 10.7. The molecule has 3 heteroatoms. The van der Waals surface area contributed by atoms with Gasteiger partial charge in [-0.1, -0.05) is 20.8 Å². The molecular formula is C9H14N2O. The number of H-pyrrole nitrogens is 1. The van der Waals surface area contributed by atoms with E-state index < -0.39 is 0 Å². The maximum Gasteiger partial charge on any atom is 0.251 e. The number of nitrogens with one attached hydrogen (secondary N) is 1. The van der Waals surface area contributed by atoms with Crippen LogP contribution in [-0.4, -0.2) is 9.97 Å². The number of nitrogens with zero attached hydrogens (tertiary/aromatic N) is 1. The van der Waals surface area contributed by atoms with Gasteiger partial charge in [-0.25, -0.2) is 4.98 Å². The van der Waals surface area contributed by atoms with E-state index in [9.17, 15) is 4.79 Å². The third-order valence-electron chi connectivity index (χ3n) is 1.72. The molecule has 0 radical (unpaired) electrons. The largest absolute Gasteiger partial charge is 0.310 e. The lowest BCUT2D eigenvalue weighted by Crippen LogP contribution is -2.13. The Labute approximate surface area is 71.9 Å². The van der Waals surface area contributed by atoms with Gasteiger partial charge in [0.1, 0.15) is 5.82 Å². The zero-order valence-electron chi connectivity index (χ0n) is 7.72. The van der Waals surface area contributed by atoms with Crippen LogP contribution in [-0.2, 0) is 6.42 Å². The first-order valence-corrected chi connectivity index (χ1v) is 4.23. The van der Waals surface area contributed by atoms with E-state index in [2.05, 4.69) is 9.97 Å². The molecule has 0 aliphatic heterocycles. The number of aromatic amines is 1. The Hall–Kier alpha value is -1.12. The van der Waals surface area contributed by atoms with Gasteiger partial charge >= 0.3 is 0 Å². The van der Waals surface area contributed by atoms with Gasteiger partial charge in [-0.05, 0) is 6.42 Å². The van der Waals surface area contributed by atoms with Crippen molar-refractivity contribution in [2.45, 2.75) is 33.1 Å². The average molecular weight is 166 g/mol. The van der Waals surface area contributed by atoms with Gasteiger partial charge in [-0.15, -0.1) is 0 Å². The van der Waals surface area contributed by atoms with Crippen molar-refractivity contribution >= 4 is 0 Å². The Morgan fingerprint density at radius 2 is 2.25 bits per heavy atom. The first-order valence-electron chi connectivity index (χ1n) is 4.23. The van der Waals surface area contributed by atoms with Crippen molar-refractivity contribution in [3.63, 3.8) is 0 Å². The van der Waals surface area contributed by atoms with Crippen molar-refractivity contribution in [1.29, 1.82) is 0 Å². The highest BCUT2D eigenvalue weighted by atomic mass is 16.1. The minimum Gasteiger partial charge on any atom is -0.310 e. The Morgan fingerprint density at radius 3 is 2.75 bits per heavy atom.